The van der Waals surface area contributed by atoms with E-state index in [4.69, 9.17) is 0 Å². The van der Waals surface area contributed by atoms with Crippen molar-refractivity contribution in [3.63, 3.8) is 0 Å². The first-order valence-corrected chi connectivity index (χ1v) is 16.9. The molecule has 10 saturated heterocycles. The number of rotatable bonds is 6. The fourth-order valence-corrected chi connectivity index (χ4v) is 121. The summed E-state index contributed by atoms with van der Waals surface area (Å²) >= 11 is 0. The second kappa shape index (κ2) is 1.05. The van der Waals surface area contributed by atoms with E-state index < -0.39 is 6.51 Å². The summed E-state index contributed by atoms with van der Waals surface area (Å²) in [4.78, 5) is 5.68. The molecule has 10 aliphatic heterocycles. The van der Waals surface area contributed by atoms with Gasteiger partial charge >= 0.3 is 132 Å². The molecular formula is C22H34Fe. The van der Waals surface area contributed by atoms with Gasteiger partial charge in [0.05, 0.1) is 0 Å². The predicted molar refractivity (Wildman–Crippen MR) is 92.9 cm³/mol. The van der Waals surface area contributed by atoms with Crippen molar-refractivity contribution in [3.05, 3.63) is 0 Å². The van der Waals surface area contributed by atoms with E-state index in [0.29, 0.717) is 0 Å². The Kier molecular flexibility index (Phi) is 0.516. The van der Waals surface area contributed by atoms with Crippen molar-refractivity contribution in [3.8, 4) is 0 Å². The minimum absolute atomic E-state index is 1.02. The van der Waals surface area contributed by atoms with Crippen molar-refractivity contribution in [1.29, 1.82) is 0 Å². The number of hydrogen-bond acceptors (Lipinski definition) is 0. The van der Waals surface area contributed by atoms with Crippen LogP contribution in [0.15, 0.2) is 0 Å². The molecule has 0 aliphatic carbocycles. The van der Waals surface area contributed by atoms with Crippen molar-refractivity contribution < 1.29 is 6.51 Å². The molecule has 10 heterocycles. The number of fused-ring (bicyclic) bond motifs is 10. The maximum absolute atomic E-state index is 3.60. The third kappa shape index (κ3) is 0.104. The Morgan fingerprint density at radius 3 is 0.957 bits per heavy atom. The normalized spacial score (nSPS) is 108. The van der Waals surface area contributed by atoms with Crippen LogP contribution >= 0.6 is 0 Å². The summed E-state index contributed by atoms with van der Waals surface area (Å²) in [5, 5.41) is 0. The van der Waals surface area contributed by atoms with Gasteiger partial charge in [0, 0.05) is 0 Å². The third-order valence-electron chi connectivity index (χ3n) is 20.4. The summed E-state index contributed by atoms with van der Waals surface area (Å²) in [6.07, 6.45) is 9.80. The third-order valence-corrected chi connectivity index (χ3v) is 69.3. The Morgan fingerprint density at radius 2 is 0.826 bits per heavy atom. The van der Waals surface area contributed by atoms with Crippen LogP contribution < -0.4 is 0 Å². The molecule has 130 valence electrons. The summed E-state index contributed by atoms with van der Waals surface area (Å²) < 4.78 is 6.15. The molecule has 0 nitrogen and oxygen atoms in total. The molecule has 1 spiro atoms. The summed E-state index contributed by atoms with van der Waals surface area (Å²) in [6.45, 7) is 12.5. The van der Waals surface area contributed by atoms with Gasteiger partial charge in [-0.25, -0.2) is 0 Å². The molecule has 0 radical (unpaired) electrons. The van der Waals surface area contributed by atoms with Gasteiger partial charge in [-0.15, -0.1) is 0 Å². The van der Waals surface area contributed by atoms with Crippen LogP contribution in [0.4, 0.5) is 0 Å². The van der Waals surface area contributed by atoms with Crippen molar-refractivity contribution in [2.24, 2.45) is 0 Å². The van der Waals surface area contributed by atoms with Gasteiger partial charge in [0.2, 0.25) is 0 Å². The molecule has 1 heteroatoms. The monoisotopic (exact) mass is 354 g/mol. The van der Waals surface area contributed by atoms with Gasteiger partial charge in [0.1, 0.15) is 0 Å². The predicted octanol–water partition coefficient (Wildman–Crippen LogP) is 8.06. The molecule has 10 aliphatic rings. The molecule has 10 fully saturated rings. The van der Waals surface area contributed by atoms with Gasteiger partial charge in [0.25, 0.3) is 0 Å². The molecule has 23 heavy (non-hydrogen) atoms. The zero-order valence-electron chi connectivity index (χ0n) is 15.9. The second-order valence-corrected chi connectivity index (χ2v) is 35.6. The first-order valence-electron chi connectivity index (χ1n) is 11.1. The molecule has 10 rings (SSSR count). The van der Waals surface area contributed by atoms with Crippen LogP contribution in [0.3, 0.4) is 0 Å². The van der Waals surface area contributed by atoms with E-state index in [9.17, 15) is 0 Å². The first kappa shape index (κ1) is 11.3. The summed E-state index contributed by atoms with van der Waals surface area (Å²) in [6, 6.07) is 0. The average Bonchev–Trinajstić information content (AvgIpc) is 3.53. The molecular weight excluding hydrogens is 320 g/mol. The molecule has 0 amide bonds. The van der Waals surface area contributed by atoms with E-state index in [2.05, 4.69) is 41.5 Å². The quantitative estimate of drug-likeness (QED) is 0.423. The maximum atomic E-state index is 2.69. The van der Waals surface area contributed by atoms with Crippen LogP contribution in [0.5, 0.6) is 0 Å². The van der Waals surface area contributed by atoms with Gasteiger partial charge in [-0.3, -0.25) is 0 Å². The van der Waals surface area contributed by atoms with Crippen LogP contribution in [-0.4, -0.2) is 0 Å². The topological polar surface area (TPSA) is 0 Å². The van der Waals surface area contributed by atoms with Crippen LogP contribution in [0, 0.1) is 0 Å². The Hall–Kier alpha value is 0.519. The molecule has 0 saturated carbocycles. The molecule has 0 bridgehead atoms. The first-order chi connectivity index (χ1) is 10.9. The van der Waals surface area contributed by atoms with E-state index in [1.165, 1.54) is 19.3 Å². The Bertz CT molecular complexity index is 1080. The number of hydrogen-bond donors (Lipinski definition) is 0. The molecule has 0 aromatic carbocycles. The zero-order valence-corrected chi connectivity index (χ0v) is 17.0. The summed E-state index contributed by atoms with van der Waals surface area (Å²) in [5.41, 5.74) is 0. The van der Waals surface area contributed by atoms with E-state index in [0.717, 1.165) is 25.9 Å². The average molecular weight is 354 g/mol. The van der Waals surface area contributed by atoms with E-state index in [1.54, 1.807) is 38.5 Å². The van der Waals surface area contributed by atoms with Crippen molar-refractivity contribution >= 4 is 0 Å². The summed E-state index contributed by atoms with van der Waals surface area (Å²) in [7, 11) is 0. The van der Waals surface area contributed by atoms with Crippen LogP contribution in [0.25, 0.3) is 0 Å². The molecule has 0 aromatic rings. The fraction of sp³-hybridized carbons (Fsp3) is 1.00. The Morgan fingerprint density at radius 1 is 0.522 bits per heavy atom. The van der Waals surface area contributed by atoms with E-state index >= 15 is 0 Å². The van der Waals surface area contributed by atoms with Gasteiger partial charge in [-0.2, -0.15) is 0 Å². The van der Waals surface area contributed by atoms with E-state index in [-0.39, 0.29) is 0 Å². The van der Waals surface area contributed by atoms with Crippen LogP contribution in [0.2, 0.25) is 45.1 Å². The Labute approximate surface area is 131 Å². The SMILES string of the molecule is CC[C]12[CH]3[CH]4[CH]5[CH]1[Fe]45321678[C]2(CC)[C]1(CC)[C]6(CC)[C]7(CC)[C]28CC. The second-order valence-electron chi connectivity index (χ2n) is 13.0. The Balaban J connectivity index is 1.67. The van der Waals surface area contributed by atoms with Crippen LogP contribution in [-0.2, 0) is 6.51 Å². The van der Waals surface area contributed by atoms with Crippen molar-refractivity contribution in [2.45, 2.75) is 125 Å². The van der Waals surface area contributed by atoms with Crippen molar-refractivity contribution in [1.82, 2.24) is 0 Å². The minimum atomic E-state index is -3.60. The summed E-state index contributed by atoms with van der Waals surface area (Å²) in [5.74, 6) is 0. The van der Waals surface area contributed by atoms with Gasteiger partial charge in [-0.05, 0) is 0 Å². The van der Waals surface area contributed by atoms with Gasteiger partial charge in [0.15, 0.2) is 0 Å². The molecule has 4 atom stereocenters. The zero-order chi connectivity index (χ0) is 15.9. The van der Waals surface area contributed by atoms with Crippen molar-refractivity contribution in [2.75, 3.05) is 0 Å². The van der Waals surface area contributed by atoms with Crippen LogP contribution in [0.1, 0.15) is 80.1 Å². The van der Waals surface area contributed by atoms with Gasteiger partial charge < -0.3 is 0 Å². The molecule has 0 N–H and O–H groups in total. The molecule has 0 aromatic heterocycles. The fourth-order valence-electron chi connectivity index (χ4n) is 27.3. The molecule has 4 unspecified atom stereocenters. The standard InChI is InChI=1S/C15H25.C7H9.Fe/c1-6-11-12(7-2)14(9-4)15(10-5)13(11)8-3;1-2-7-5-3-4-6-7;/h6-10H2,1-5H3;3-6H,2H2,1H3;. The van der Waals surface area contributed by atoms with E-state index in [1.807, 2.05) is 0 Å². The van der Waals surface area contributed by atoms with Gasteiger partial charge in [-0.1, -0.05) is 0 Å².